The summed E-state index contributed by atoms with van der Waals surface area (Å²) in [6.45, 7) is 4.41. The molecule has 8 heteroatoms. The lowest BCUT2D eigenvalue weighted by Gasteiger charge is -2.29. The van der Waals surface area contributed by atoms with Crippen LogP contribution in [0, 0.1) is 0 Å². The average Bonchev–Trinajstić information content (AvgIpc) is 3.23. The molecule has 8 nitrogen and oxygen atoms in total. The van der Waals surface area contributed by atoms with Gasteiger partial charge in [0.15, 0.2) is 0 Å². The highest BCUT2D eigenvalue weighted by Gasteiger charge is 2.29. The topological polar surface area (TPSA) is 77.0 Å². The number of nitrogens with zero attached hydrogens (tertiary/aromatic N) is 4. The van der Waals surface area contributed by atoms with Crippen LogP contribution in [-0.2, 0) is 4.74 Å². The van der Waals surface area contributed by atoms with Crippen molar-refractivity contribution < 1.29 is 19.0 Å². The van der Waals surface area contributed by atoms with Crippen LogP contribution in [0.2, 0.25) is 0 Å². The molecule has 0 radical (unpaired) electrons. The Hall–Kier alpha value is -2.87. The molecule has 148 valence electrons. The number of likely N-dealkylation sites (tertiary alicyclic amines) is 1. The Balaban J connectivity index is 1.36. The number of amides is 1. The second-order valence-electron chi connectivity index (χ2n) is 6.80. The van der Waals surface area contributed by atoms with Gasteiger partial charge in [0.2, 0.25) is 0 Å². The number of hydrogen-bond acceptors (Lipinski definition) is 7. The van der Waals surface area contributed by atoms with Crippen LogP contribution in [0.3, 0.4) is 0 Å². The summed E-state index contributed by atoms with van der Waals surface area (Å²) in [5, 5.41) is 0. The first kappa shape index (κ1) is 18.5. The molecule has 0 saturated carbocycles. The summed E-state index contributed by atoms with van der Waals surface area (Å²) in [5.74, 6) is 0.732. The summed E-state index contributed by atoms with van der Waals surface area (Å²) in [6.07, 6.45) is 3.74. The van der Waals surface area contributed by atoms with Gasteiger partial charge >= 0.3 is 0 Å². The number of anilines is 1. The van der Waals surface area contributed by atoms with Crippen LogP contribution in [0.5, 0.6) is 11.8 Å². The molecular weight excluding hydrogens is 360 g/mol. The first-order valence-electron chi connectivity index (χ1n) is 9.48. The Morgan fingerprint density at radius 1 is 1.07 bits per heavy atom. The monoisotopic (exact) mass is 384 g/mol. The molecule has 0 N–H and O–H groups in total. The Bertz CT molecular complexity index is 808. The van der Waals surface area contributed by atoms with Gasteiger partial charge in [0, 0.05) is 49.7 Å². The van der Waals surface area contributed by atoms with Crippen LogP contribution < -0.4 is 14.4 Å². The maximum atomic E-state index is 12.8. The van der Waals surface area contributed by atoms with Gasteiger partial charge in [-0.2, -0.15) is 0 Å². The molecule has 2 aliphatic rings. The summed E-state index contributed by atoms with van der Waals surface area (Å²) in [6, 6.07) is 7.81. The van der Waals surface area contributed by atoms with E-state index >= 15 is 0 Å². The maximum absolute atomic E-state index is 12.8. The molecule has 1 aromatic carbocycles. The fourth-order valence-electron chi connectivity index (χ4n) is 3.52. The van der Waals surface area contributed by atoms with Gasteiger partial charge < -0.3 is 24.0 Å². The van der Waals surface area contributed by atoms with E-state index in [1.165, 1.54) is 7.11 Å². The van der Waals surface area contributed by atoms with Gasteiger partial charge in [-0.1, -0.05) is 0 Å². The van der Waals surface area contributed by atoms with Crippen molar-refractivity contribution in [1.82, 2.24) is 14.9 Å². The number of methoxy groups -OCH3 is 1. The predicted molar refractivity (Wildman–Crippen MR) is 103 cm³/mol. The van der Waals surface area contributed by atoms with E-state index in [0.29, 0.717) is 30.4 Å². The minimum atomic E-state index is -0.123. The highest BCUT2D eigenvalue weighted by Crippen LogP contribution is 2.25. The zero-order valence-electron chi connectivity index (χ0n) is 15.9. The molecular formula is C20H24N4O4. The summed E-state index contributed by atoms with van der Waals surface area (Å²) in [5.41, 5.74) is 1.81. The summed E-state index contributed by atoms with van der Waals surface area (Å²) < 4.78 is 16.5. The van der Waals surface area contributed by atoms with Gasteiger partial charge in [0.1, 0.15) is 6.10 Å². The highest BCUT2D eigenvalue weighted by molar-refractivity contribution is 5.94. The Kier molecular flexibility index (Phi) is 5.57. The van der Waals surface area contributed by atoms with E-state index < -0.39 is 0 Å². The van der Waals surface area contributed by atoms with Crippen molar-refractivity contribution in [3.05, 3.63) is 42.2 Å². The van der Waals surface area contributed by atoms with Gasteiger partial charge in [-0.3, -0.25) is 4.79 Å². The van der Waals surface area contributed by atoms with E-state index in [-0.39, 0.29) is 12.0 Å². The van der Waals surface area contributed by atoms with Gasteiger partial charge in [-0.15, -0.1) is 0 Å². The van der Waals surface area contributed by atoms with Gasteiger partial charge in [0.25, 0.3) is 17.7 Å². The average molecular weight is 384 g/mol. The van der Waals surface area contributed by atoms with Crippen molar-refractivity contribution in [2.75, 3.05) is 51.4 Å². The van der Waals surface area contributed by atoms with Crippen LogP contribution in [0.15, 0.2) is 36.7 Å². The Labute approximate surface area is 164 Å². The van der Waals surface area contributed by atoms with Crippen LogP contribution in [-0.4, -0.2) is 73.4 Å². The Morgan fingerprint density at radius 2 is 1.79 bits per heavy atom. The van der Waals surface area contributed by atoms with E-state index in [4.69, 9.17) is 14.2 Å². The van der Waals surface area contributed by atoms with E-state index in [1.807, 2.05) is 29.2 Å². The van der Waals surface area contributed by atoms with E-state index in [2.05, 4.69) is 14.9 Å². The lowest BCUT2D eigenvalue weighted by molar-refractivity contribution is 0.0770. The number of carbonyl (C=O) groups excluding carboxylic acids is 1. The van der Waals surface area contributed by atoms with Crippen LogP contribution in [0.1, 0.15) is 16.8 Å². The van der Waals surface area contributed by atoms with Crippen molar-refractivity contribution in [3.63, 3.8) is 0 Å². The zero-order valence-corrected chi connectivity index (χ0v) is 15.9. The summed E-state index contributed by atoms with van der Waals surface area (Å²) >= 11 is 0. The minimum absolute atomic E-state index is 0.0192. The molecule has 1 amide bonds. The van der Waals surface area contributed by atoms with Crippen molar-refractivity contribution in [3.8, 4) is 11.8 Å². The third kappa shape index (κ3) is 4.01. The smallest absolute Gasteiger partial charge is 0.278 e. The molecule has 28 heavy (non-hydrogen) atoms. The molecule has 0 aliphatic carbocycles. The summed E-state index contributed by atoms with van der Waals surface area (Å²) in [4.78, 5) is 25.2. The van der Waals surface area contributed by atoms with Gasteiger partial charge in [0.05, 0.1) is 26.9 Å². The number of aromatic nitrogens is 2. The van der Waals surface area contributed by atoms with E-state index in [1.54, 1.807) is 12.4 Å². The van der Waals surface area contributed by atoms with Gasteiger partial charge in [-0.25, -0.2) is 9.97 Å². The third-order valence-electron chi connectivity index (χ3n) is 5.03. The van der Waals surface area contributed by atoms with Crippen LogP contribution in [0.4, 0.5) is 5.69 Å². The second kappa shape index (κ2) is 8.43. The third-order valence-corrected chi connectivity index (χ3v) is 5.03. The molecule has 3 heterocycles. The normalized spacial score (nSPS) is 19.5. The Morgan fingerprint density at radius 3 is 2.50 bits per heavy atom. The van der Waals surface area contributed by atoms with Crippen molar-refractivity contribution >= 4 is 11.6 Å². The van der Waals surface area contributed by atoms with Crippen molar-refractivity contribution in [1.29, 1.82) is 0 Å². The molecule has 1 unspecified atom stereocenters. The number of carbonyl (C=O) groups is 1. The molecule has 2 saturated heterocycles. The van der Waals surface area contributed by atoms with Crippen LogP contribution >= 0.6 is 0 Å². The molecule has 2 fully saturated rings. The zero-order chi connectivity index (χ0) is 19.3. The molecule has 4 rings (SSSR count). The first-order chi connectivity index (χ1) is 13.7. The van der Waals surface area contributed by atoms with Crippen molar-refractivity contribution in [2.45, 2.75) is 12.5 Å². The lowest BCUT2D eigenvalue weighted by Crippen LogP contribution is -2.36. The van der Waals surface area contributed by atoms with Crippen LogP contribution in [0.25, 0.3) is 0 Å². The minimum Gasteiger partial charge on any atom is -0.477 e. The molecule has 1 aromatic heterocycles. The molecule has 1 atom stereocenters. The maximum Gasteiger partial charge on any atom is 0.278 e. The number of morpholine rings is 1. The molecule has 2 aliphatic heterocycles. The standard InChI is InChI=1S/C20H24N4O4/c1-26-18-19(22-8-7-21-18)28-17-6-9-24(14-17)20(25)15-2-4-16(5-3-15)23-10-12-27-13-11-23/h2-5,7-8,17H,6,9-14H2,1H3. The van der Waals surface area contributed by atoms with Gasteiger partial charge in [-0.05, 0) is 24.3 Å². The first-order valence-corrected chi connectivity index (χ1v) is 9.48. The SMILES string of the molecule is COc1nccnc1OC1CCN(C(=O)c2ccc(N3CCOCC3)cc2)C1. The summed E-state index contributed by atoms with van der Waals surface area (Å²) in [7, 11) is 1.53. The quantitative estimate of drug-likeness (QED) is 0.775. The number of rotatable bonds is 5. The second-order valence-corrected chi connectivity index (χ2v) is 6.80. The lowest BCUT2D eigenvalue weighted by atomic mass is 10.1. The number of ether oxygens (including phenoxy) is 3. The number of hydrogen-bond donors (Lipinski definition) is 0. The molecule has 2 aromatic rings. The molecule has 0 spiro atoms. The van der Waals surface area contributed by atoms with Crippen molar-refractivity contribution in [2.24, 2.45) is 0 Å². The highest BCUT2D eigenvalue weighted by atomic mass is 16.5. The molecule has 0 bridgehead atoms. The fraction of sp³-hybridized carbons (Fsp3) is 0.450. The largest absolute Gasteiger partial charge is 0.477 e. The fourth-order valence-corrected chi connectivity index (χ4v) is 3.52. The number of benzene rings is 1. The van der Waals surface area contributed by atoms with E-state index in [9.17, 15) is 4.79 Å². The van der Waals surface area contributed by atoms with E-state index in [0.717, 1.165) is 38.4 Å². The predicted octanol–water partition coefficient (Wildman–Crippen LogP) is 1.62.